The molecule has 70 heavy (non-hydrogen) atoms. The summed E-state index contributed by atoms with van der Waals surface area (Å²) in [5.41, 5.74) is 22.2. The molecule has 0 spiro atoms. The summed E-state index contributed by atoms with van der Waals surface area (Å²) in [6.45, 7) is 1.54. The Hall–Kier alpha value is -7.42. The van der Waals surface area contributed by atoms with Crippen LogP contribution in [-0.4, -0.2) is 161 Å². The molecule has 2 rings (SSSR count). The summed E-state index contributed by atoms with van der Waals surface area (Å²) in [4.78, 5) is 143. The van der Waals surface area contributed by atoms with E-state index in [1.165, 1.54) is 4.90 Å². The number of carbonyl (C=O) groups is 11. The van der Waals surface area contributed by atoms with E-state index in [-0.39, 0.29) is 51.0 Å². The van der Waals surface area contributed by atoms with E-state index in [2.05, 4.69) is 42.5 Å². The number of primary amides is 2. The van der Waals surface area contributed by atoms with Crippen LogP contribution in [0, 0.1) is 11.3 Å². The molecule has 27 heteroatoms. The number of hydrogen-bond donors (Lipinski definition) is 15. The third-order valence-electron chi connectivity index (χ3n) is 11.2. The first-order valence-corrected chi connectivity index (χ1v) is 22.7. The highest BCUT2D eigenvalue weighted by Gasteiger charge is 2.38. The summed E-state index contributed by atoms with van der Waals surface area (Å²) in [6.07, 6.45) is -0.00231. The molecule has 10 amide bonds. The van der Waals surface area contributed by atoms with Gasteiger partial charge in [0.15, 0.2) is 5.96 Å². The predicted octanol–water partition coefficient (Wildman–Crippen LogP) is -5.88. The van der Waals surface area contributed by atoms with E-state index in [4.69, 9.17) is 28.3 Å². The smallest absolute Gasteiger partial charge is 0.326 e. The third-order valence-corrected chi connectivity index (χ3v) is 11.2. The first-order valence-electron chi connectivity index (χ1n) is 22.7. The van der Waals surface area contributed by atoms with Gasteiger partial charge < -0.3 is 80.6 Å². The number of benzene rings is 1. The zero-order valence-electron chi connectivity index (χ0n) is 39.3. The summed E-state index contributed by atoms with van der Waals surface area (Å²) < 4.78 is 0. The van der Waals surface area contributed by atoms with Crippen LogP contribution in [0.15, 0.2) is 30.3 Å². The predicted molar refractivity (Wildman–Crippen MR) is 249 cm³/mol. The molecule has 0 aliphatic carbocycles. The molecule has 0 aromatic heterocycles. The fourth-order valence-corrected chi connectivity index (χ4v) is 7.06. The van der Waals surface area contributed by atoms with Crippen molar-refractivity contribution in [2.75, 3.05) is 32.8 Å². The number of likely N-dealkylation sites (tertiary alicyclic amines) is 1. The number of nitrogens with one attached hydrogen (secondary N) is 9. The molecule has 19 N–H and O–H groups in total. The van der Waals surface area contributed by atoms with Crippen LogP contribution in [0.25, 0.3) is 0 Å². The Bertz CT molecular complexity index is 2030. The minimum Gasteiger partial charge on any atom is -0.480 e. The molecule has 8 atom stereocenters. The summed E-state index contributed by atoms with van der Waals surface area (Å²) in [6, 6.07) is -1.13. The largest absolute Gasteiger partial charge is 0.480 e. The molecular weight excluding hydrogens is 921 g/mol. The number of aliphatic hydroxyl groups excluding tert-OH is 1. The third kappa shape index (κ3) is 20.8. The standard InChI is InChI=1S/C43H68N14O13/c1-3-23(2)35(41(68)54-28(19-24-9-5-4-6-10-24)37(64)50-20-33(61)52-27(42(69)70)14-16-32(46)60)56-39(66)29(22-58)55-38(65)26(13-15-31(45)59)53-40(67)30-12-8-18-57(30)34(62)21-51-36(63)25(44)11-7-17-49-43(47)48/h4-6,9-10,23,25-30,35,58H,3,7-8,11-22,44H2,1-2H3,(H2,45,59)(H2,46,60)(H,50,64)(H,51,63)(H,52,61)(H,53,67)(H,54,68)(H,55,65)(H,56,66)(H,69,70)(H4,47,48,49)/t23-,25-,26-,27-,28-,29-,30-,35-/m0/s1. The van der Waals surface area contributed by atoms with Crippen molar-refractivity contribution in [3.8, 4) is 0 Å². The van der Waals surface area contributed by atoms with Gasteiger partial charge in [0, 0.05) is 32.4 Å². The highest BCUT2D eigenvalue weighted by atomic mass is 16.4. The van der Waals surface area contributed by atoms with Crippen LogP contribution in [-0.2, 0) is 59.2 Å². The minimum atomic E-state index is -1.73. The maximum absolute atomic E-state index is 14.0. The van der Waals surface area contributed by atoms with Crippen molar-refractivity contribution in [2.45, 2.75) is 120 Å². The first-order chi connectivity index (χ1) is 33.1. The van der Waals surface area contributed by atoms with Crippen LogP contribution in [0.4, 0.5) is 0 Å². The van der Waals surface area contributed by atoms with E-state index in [9.17, 15) is 63.0 Å². The van der Waals surface area contributed by atoms with Gasteiger partial charge in [-0.3, -0.25) is 53.4 Å². The van der Waals surface area contributed by atoms with Crippen LogP contribution in [0.2, 0.25) is 0 Å². The van der Waals surface area contributed by atoms with Crippen molar-refractivity contribution < 1.29 is 63.0 Å². The Morgan fingerprint density at radius 3 is 1.91 bits per heavy atom. The maximum atomic E-state index is 14.0. The van der Waals surface area contributed by atoms with E-state index in [1.807, 2.05) is 0 Å². The number of carboxylic acids is 1. The average molecular weight is 989 g/mol. The zero-order chi connectivity index (χ0) is 52.5. The second-order valence-electron chi connectivity index (χ2n) is 16.7. The molecule has 1 aromatic rings. The van der Waals surface area contributed by atoms with Gasteiger partial charge in [0.1, 0.15) is 36.3 Å². The van der Waals surface area contributed by atoms with Gasteiger partial charge in [-0.05, 0) is 50.0 Å². The van der Waals surface area contributed by atoms with Crippen LogP contribution in [0.3, 0.4) is 0 Å². The molecule has 0 saturated carbocycles. The number of aliphatic carboxylic acids is 1. The van der Waals surface area contributed by atoms with Crippen LogP contribution in [0.5, 0.6) is 0 Å². The average Bonchev–Trinajstić information content (AvgIpc) is 3.82. The van der Waals surface area contributed by atoms with Gasteiger partial charge in [-0.2, -0.15) is 0 Å². The first kappa shape index (κ1) is 58.7. The molecule has 0 radical (unpaired) electrons. The number of aliphatic hydroxyl groups is 1. The van der Waals surface area contributed by atoms with Crippen molar-refractivity contribution in [3.63, 3.8) is 0 Å². The molecule has 1 saturated heterocycles. The Morgan fingerprint density at radius 1 is 0.729 bits per heavy atom. The number of carbonyl (C=O) groups excluding carboxylic acids is 10. The summed E-state index contributed by atoms with van der Waals surface area (Å²) in [5, 5.41) is 46.4. The lowest BCUT2D eigenvalue weighted by Crippen LogP contribution is -2.61. The zero-order valence-corrected chi connectivity index (χ0v) is 39.3. The second kappa shape index (κ2) is 30.1. The fourth-order valence-electron chi connectivity index (χ4n) is 7.06. The molecule has 27 nitrogen and oxygen atoms in total. The quantitative estimate of drug-likeness (QED) is 0.0187. The van der Waals surface area contributed by atoms with Crippen molar-refractivity contribution in [1.29, 1.82) is 5.41 Å². The van der Waals surface area contributed by atoms with Gasteiger partial charge >= 0.3 is 5.97 Å². The lowest BCUT2D eigenvalue weighted by Gasteiger charge is -2.29. The van der Waals surface area contributed by atoms with E-state index < -0.39 is 139 Å². The van der Waals surface area contributed by atoms with Gasteiger partial charge in [0.25, 0.3) is 0 Å². The number of nitrogens with zero attached hydrogens (tertiary/aromatic N) is 1. The van der Waals surface area contributed by atoms with Gasteiger partial charge in [0.2, 0.25) is 59.1 Å². The van der Waals surface area contributed by atoms with Crippen molar-refractivity contribution >= 4 is 71.0 Å². The lowest BCUT2D eigenvalue weighted by molar-refractivity contribution is -0.142. The van der Waals surface area contributed by atoms with Crippen molar-refractivity contribution in [3.05, 3.63) is 35.9 Å². The molecule has 1 aliphatic heterocycles. The van der Waals surface area contributed by atoms with Crippen LogP contribution >= 0.6 is 0 Å². The van der Waals surface area contributed by atoms with Gasteiger partial charge in [-0.25, -0.2) is 4.79 Å². The minimum absolute atomic E-state index is 0.105. The van der Waals surface area contributed by atoms with Crippen LogP contribution in [0.1, 0.15) is 77.2 Å². The second-order valence-corrected chi connectivity index (χ2v) is 16.7. The highest BCUT2D eigenvalue weighted by molar-refractivity contribution is 5.98. The molecule has 0 bridgehead atoms. The summed E-state index contributed by atoms with van der Waals surface area (Å²) >= 11 is 0. The molecular formula is C43H68N14O13. The number of amides is 10. The van der Waals surface area contributed by atoms with Gasteiger partial charge in [0.05, 0.1) is 25.7 Å². The number of carboxylic acid groups (broad SMARTS) is 1. The molecule has 0 unspecified atom stereocenters. The molecule has 1 aliphatic rings. The van der Waals surface area contributed by atoms with Gasteiger partial charge in [-0.15, -0.1) is 0 Å². The van der Waals surface area contributed by atoms with Gasteiger partial charge in [-0.1, -0.05) is 50.6 Å². The molecule has 1 heterocycles. The van der Waals surface area contributed by atoms with Crippen LogP contribution < -0.4 is 65.5 Å². The van der Waals surface area contributed by atoms with Crippen molar-refractivity contribution in [1.82, 2.24) is 47.4 Å². The maximum Gasteiger partial charge on any atom is 0.326 e. The van der Waals surface area contributed by atoms with E-state index in [0.717, 1.165) is 0 Å². The van der Waals surface area contributed by atoms with Crippen molar-refractivity contribution in [2.24, 2.45) is 28.9 Å². The SMILES string of the molecule is CC[C@H](C)[C@H](NC(=O)[C@H](CO)NC(=O)[C@H](CCC(N)=O)NC(=O)[C@@H]1CCCN1C(=O)CNC(=O)[C@@H](N)CCCNC(=N)N)C(=O)N[C@@H](Cc1ccccc1)C(=O)NCC(=O)N[C@@H](CCC(N)=O)C(=O)O. The molecule has 1 fully saturated rings. The molecule has 388 valence electrons. The Kier molecular flexibility index (Phi) is 25.3. The molecule has 1 aromatic carbocycles. The Morgan fingerprint density at radius 2 is 1.33 bits per heavy atom. The van der Waals surface area contributed by atoms with E-state index in [1.54, 1.807) is 44.2 Å². The van der Waals surface area contributed by atoms with E-state index in [0.29, 0.717) is 31.4 Å². The lowest BCUT2D eigenvalue weighted by atomic mass is 9.96. The normalized spacial score (nSPS) is 16.0. The highest BCUT2D eigenvalue weighted by Crippen LogP contribution is 2.18. The number of hydrogen-bond acceptors (Lipinski definition) is 14. The Labute approximate surface area is 403 Å². The number of rotatable bonds is 31. The summed E-state index contributed by atoms with van der Waals surface area (Å²) in [5.74, 6) is -10.7. The monoisotopic (exact) mass is 989 g/mol. The number of guanidine groups is 1. The topological polar surface area (TPSA) is 456 Å². The number of nitrogens with two attached hydrogens (primary N) is 4. The fraction of sp³-hybridized carbons (Fsp3) is 0.581. The van der Waals surface area contributed by atoms with E-state index >= 15 is 0 Å². The summed E-state index contributed by atoms with van der Waals surface area (Å²) in [7, 11) is 0. The Balaban J connectivity index is 2.19.